The summed E-state index contributed by atoms with van der Waals surface area (Å²) in [7, 11) is 0. The Labute approximate surface area is 222 Å². The second-order valence-electron chi connectivity index (χ2n) is 9.90. The van der Waals surface area contributed by atoms with Gasteiger partial charge in [-0.25, -0.2) is 0 Å². The fourth-order valence-electron chi connectivity index (χ4n) is 5.29. The molecule has 0 saturated heterocycles. The van der Waals surface area contributed by atoms with Crippen LogP contribution in [0.5, 0.6) is 0 Å². The number of unbranched alkanes of at least 4 members (excludes halogenated alkanes) is 9. The van der Waals surface area contributed by atoms with E-state index >= 15 is 0 Å². The molecule has 3 heteroatoms. The first-order chi connectivity index (χ1) is 17.1. The van der Waals surface area contributed by atoms with Gasteiger partial charge in [-0.2, -0.15) is 0 Å². The van der Waals surface area contributed by atoms with Gasteiger partial charge in [0.1, 0.15) is 0 Å². The quantitative estimate of drug-likeness (QED) is 0.139. The average molecular weight is 556 g/mol. The summed E-state index contributed by atoms with van der Waals surface area (Å²) < 4.78 is 0. The van der Waals surface area contributed by atoms with Crippen LogP contribution in [0.15, 0.2) is 84.9 Å². The maximum absolute atomic E-state index is 10.3. The fourth-order valence-corrected chi connectivity index (χ4v) is 12.3. The molecule has 0 aromatic heterocycles. The minimum absolute atomic E-state index is 0.132. The first-order valence-electron chi connectivity index (χ1n) is 13.7. The third-order valence-electron chi connectivity index (χ3n) is 7.40. The summed E-state index contributed by atoms with van der Waals surface area (Å²) in [5.74, 6) is 0. The zero-order valence-electron chi connectivity index (χ0n) is 21.5. The van der Waals surface area contributed by atoms with Crippen molar-refractivity contribution in [2.24, 2.45) is 0 Å². The second kappa shape index (κ2) is 14.3. The molecule has 190 valence electrons. The molecule has 3 aromatic carbocycles. The van der Waals surface area contributed by atoms with Gasteiger partial charge < -0.3 is 0 Å². The number of aliphatic hydroxyl groups excluding tert-OH is 1. The second-order valence-corrected chi connectivity index (χ2v) is 19.0. The van der Waals surface area contributed by atoms with Crippen molar-refractivity contribution in [2.45, 2.75) is 77.6 Å². The third kappa shape index (κ3) is 7.06. The molecule has 3 aromatic rings. The Balaban J connectivity index is 1.68. The van der Waals surface area contributed by atoms with Crippen LogP contribution in [-0.2, 0) is 6.42 Å². The van der Waals surface area contributed by atoms with Crippen LogP contribution in [0.2, 0.25) is 0 Å². The van der Waals surface area contributed by atoms with Gasteiger partial charge in [-0.05, 0) is 0 Å². The van der Waals surface area contributed by atoms with E-state index in [9.17, 15) is 5.11 Å². The van der Waals surface area contributed by atoms with Crippen molar-refractivity contribution in [3.8, 4) is 0 Å². The summed E-state index contributed by atoms with van der Waals surface area (Å²) >= 11 is 4.38. The van der Waals surface area contributed by atoms with Crippen molar-refractivity contribution in [1.29, 1.82) is 0 Å². The van der Waals surface area contributed by atoms with E-state index in [4.69, 9.17) is 0 Å². The molecule has 0 bridgehead atoms. The molecule has 0 spiro atoms. The zero-order valence-corrected chi connectivity index (χ0v) is 24.0. The van der Waals surface area contributed by atoms with E-state index in [-0.39, 0.29) is 6.61 Å². The van der Waals surface area contributed by atoms with Crippen LogP contribution >= 0.6 is 20.8 Å². The van der Waals surface area contributed by atoms with E-state index in [1.807, 2.05) is 0 Å². The van der Waals surface area contributed by atoms with Crippen molar-refractivity contribution >= 4 is 36.7 Å². The van der Waals surface area contributed by atoms with E-state index in [1.165, 1.54) is 85.7 Å². The molecule has 0 unspecified atom stereocenters. The SMILES string of the molecule is CCCCCCCCCCCCc1ccc(P(Br)(CCO)(c2ccccc2)c2ccccc2)cc1. The number of hydrogen-bond acceptors (Lipinski definition) is 1. The van der Waals surface area contributed by atoms with Crippen LogP contribution in [0, 0.1) is 0 Å². The van der Waals surface area contributed by atoms with E-state index in [0.29, 0.717) is 6.16 Å². The zero-order chi connectivity index (χ0) is 24.8. The molecule has 0 atom stereocenters. The number of benzene rings is 3. The Bertz CT molecular complexity index is 932. The van der Waals surface area contributed by atoms with Crippen molar-refractivity contribution in [3.05, 3.63) is 90.5 Å². The number of hydrogen-bond donors (Lipinski definition) is 1. The standard InChI is InChI=1S/C32H44BrOP/c1-2-3-4-5-6-7-8-9-10-13-18-29-23-25-32(26-24-29)35(33,28-27-34,30-19-14-11-15-20-30)31-21-16-12-17-22-31/h11-12,14-17,19-26,34H,2-10,13,18,27-28H2,1H3. The summed E-state index contributed by atoms with van der Waals surface area (Å²) in [6.45, 7) is 2.42. The van der Waals surface area contributed by atoms with Gasteiger partial charge in [0.25, 0.3) is 0 Å². The molecule has 0 heterocycles. The van der Waals surface area contributed by atoms with E-state index in [0.717, 1.165) is 6.42 Å². The van der Waals surface area contributed by atoms with Gasteiger partial charge in [-0.3, -0.25) is 0 Å². The van der Waals surface area contributed by atoms with Crippen LogP contribution in [0.25, 0.3) is 0 Å². The molecule has 1 nitrogen and oxygen atoms in total. The van der Waals surface area contributed by atoms with Crippen molar-refractivity contribution < 1.29 is 5.11 Å². The molecule has 0 saturated carbocycles. The summed E-state index contributed by atoms with van der Waals surface area (Å²) in [5, 5.41) is 11.1. The van der Waals surface area contributed by atoms with Crippen LogP contribution in [0.3, 0.4) is 0 Å². The van der Waals surface area contributed by atoms with Gasteiger partial charge in [0.15, 0.2) is 0 Å². The summed E-state index contributed by atoms with van der Waals surface area (Å²) in [4.78, 5) is 0. The number of halogens is 1. The van der Waals surface area contributed by atoms with Crippen molar-refractivity contribution in [3.63, 3.8) is 0 Å². The molecule has 3 rings (SSSR count). The Kier molecular flexibility index (Phi) is 11.5. The van der Waals surface area contributed by atoms with Crippen LogP contribution in [0.1, 0.15) is 76.7 Å². The summed E-state index contributed by atoms with van der Waals surface area (Å²) in [5.41, 5.74) is 1.41. The number of rotatable bonds is 16. The van der Waals surface area contributed by atoms with E-state index < -0.39 is 5.31 Å². The van der Waals surface area contributed by atoms with Crippen LogP contribution in [0.4, 0.5) is 0 Å². The molecular formula is C32H44BrOP. The first kappa shape index (κ1) is 28.1. The molecule has 0 aliphatic rings. The number of aliphatic hydroxyl groups is 1. The van der Waals surface area contributed by atoms with Gasteiger partial charge in [-0.1, -0.05) is 26.2 Å². The topological polar surface area (TPSA) is 20.2 Å². The Hall–Kier alpha value is -1.47. The Morgan fingerprint density at radius 3 is 1.46 bits per heavy atom. The molecule has 0 aliphatic carbocycles. The predicted molar refractivity (Wildman–Crippen MR) is 162 cm³/mol. The van der Waals surface area contributed by atoms with Crippen LogP contribution < -0.4 is 15.9 Å². The van der Waals surface area contributed by atoms with E-state index in [2.05, 4.69) is 107 Å². The van der Waals surface area contributed by atoms with Gasteiger partial charge in [0.2, 0.25) is 0 Å². The van der Waals surface area contributed by atoms with Gasteiger partial charge in [-0.15, -0.1) is 0 Å². The molecule has 0 radical (unpaired) electrons. The van der Waals surface area contributed by atoms with Gasteiger partial charge in [0.05, 0.1) is 0 Å². The normalized spacial score (nSPS) is 12.8. The van der Waals surface area contributed by atoms with Crippen molar-refractivity contribution in [2.75, 3.05) is 12.8 Å². The average Bonchev–Trinajstić information content (AvgIpc) is 2.91. The third-order valence-corrected chi connectivity index (χ3v) is 17.3. The maximum atomic E-state index is 10.3. The number of aryl methyl sites for hydroxylation is 1. The van der Waals surface area contributed by atoms with Crippen LogP contribution in [-0.4, -0.2) is 17.9 Å². The van der Waals surface area contributed by atoms with Gasteiger partial charge in [0, 0.05) is 0 Å². The monoisotopic (exact) mass is 554 g/mol. The fraction of sp³-hybridized carbons (Fsp3) is 0.438. The van der Waals surface area contributed by atoms with Crippen molar-refractivity contribution in [1.82, 2.24) is 0 Å². The molecule has 1 N–H and O–H groups in total. The molecule has 0 fully saturated rings. The summed E-state index contributed by atoms with van der Waals surface area (Å²) in [6.07, 6.45) is 15.5. The van der Waals surface area contributed by atoms with Gasteiger partial charge >= 0.3 is 196 Å². The molecular weight excluding hydrogens is 511 g/mol. The predicted octanol–water partition coefficient (Wildman–Crippen LogP) is 8.28. The molecule has 35 heavy (non-hydrogen) atoms. The molecule has 0 aliphatic heterocycles. The van der Waals surface area contributed by atoms with E-state index in [1.54, 1.807) is 0 Å². The first-order valence-corrected chi connectivity index (χ1v) is 18.1. The minimum atomic E-state index is -2.96. The Morgan fingerprint density at radius 2 is 1.00 bits per heavy atom. The molecule has 0 amide bonds. The Morgan fingerprint density at radius 1 is 0.571 bits per heavy atom. The summed E-state index contributed by atoms with van der Waals surface area (Å²) in [6, 6.07) is 30.7.